The number of aromatic nitrogens is 2. The van der Waals surface area contributed by atoms with Crippen molar-refractivity contribution in [2.24, 2.45) is 5.92 Å². The second kappa shape index (κ2) is 4.58. The molecule has 0 bridgehead atoms. The molecule has 1 aliphatic carbocycles. The number of H-pyrrole nitrogens is 1. The van der Waals surface area contributed by atoms with Crippen molar-refractivity contribution >= 4 is 39.2 Å². The average Bonchev–Trinajstić information content (AvgIpc) is 2.90. The smallest absolute Gasteiger partial charge is 0.178 e. The number of nitrogens with one attached hydrogen (secondary N) is 1. The molecule has 1 fully saturated rings. The van der Waals surface area contributed by atoms with Crippen LogP contribution < -0.4 is 0 Å². The predicted octanol–water partition coefficient (Wildman–Crippen LogP) is 4.65. The van der Waals surface area contributed by atoms with Crippen LogP contribution in [0.1, 0.15) is 25.7 Å². The van der Waals surface area contributed by atoms with E-state index in [1.165, 1.54) is 31.2 Å². The lowest BCUT2D eigenvalue weighted by molar-refractivity contribution is 0.461. The van der Waals surface area contributed by atoms with E-state index in [2.05, 4.69) is 37.6 Å². The molecule has 2 nitrogen and oxygen atoms in total. The van der Waals surface area contributed by atoms with E-state index < -0.39 is 0 Å². The van der Waals surface area contributed by atoms with Gasteiger partial charge in [-0.15, -0.1) is 0 Å². The highest BCUT2D eigenvalue weighted by Gasteiger charge is 2.17. The van der Waals surface area contributed by atoms with Crippen LogP contribution in [-0.2, 0) is 6.54 Å². The van der Waals surface area contributed by atoms with Crippen LogP contribution >= 0.6 is 28.1 Å². The molecule has 0 unspecified atom stereocenters. The molecule has 0 radical (unpaired) electrons. The van der Waals surface area contributed by atoms with Crippen molar-refractivity contribution in [2.75, 3.05) is 0 Å². The summed E-state index contributed by atoms with van der Waals surface area (Å²) in [7, 11) is 0. The zero-order chi connectivity index (χ0) is 11.8. The quantitative estimate of drug-likeness (QED) is 0.801. The summed E-state index contributed by atoms with van der Waals surface area (Å²) in [5.74, 6) is 0.805. The van der Waals surface area contributed by atoms with Crippen LogP contribution in [0.2, 0.25) is 0 Å². The van der Waals surface area contributed by atoms with Crippen molar-refractivity contribution < 1.29 is 0 Å². The Morgan fingerprint density at radius 2 is 2.12 bits per heavy atom. The molecule has 0 saturated heterocycles. The Kier molecular flexibility index (Phi) is 3.09. The second-order valence-corrected chi connectivity index (χ2v) is 6.16. The van der Waals surface area contributed by atoms with Crippen molar-refractivity contribution in [3.63, 3.8) is 0 Å². The first-order chi connectivity index (χ1) is 8.24. The summed E-state index contributed by atoms with van der Waals surface area (Å²) in [5.41, 5.74) is 2.35. The van der Waals surface area contributed by atoms with E-state index in [0.717, 1.165) is 27.2 Å². The Hall–Kier alpha value is -0.610. The van der Waals surface area contributed by atoms with Gasteiger partial charge in [0.1, 0.15) is 0 Å². The van der Waals surface area contributed by atoms with Crippen molar-refractivity contribution in [2.45, 2.75) is 32.2 Å². The maximum absolute atomic E-state index is 5.42. The highest BCUT2D eigenvalue weighted by Crippen LogP contribution is 2.28. The highest BCUT2D eigenvalue weighted by atomic mass is 79.9. The Bertz CT molecular complexity index is 593. The molecule has 0 spiro atoms. The first kappa shape index (κ1) is 11.5. The molecule has 4 heteroatoms. The van der Waals surface area contributed by atoms with Gasteiger partial charge in [0.15, 0.2) is 4.77 Å². The molecule has 90 valence electrons. The lowest BCUT2D eigenvalue weighted by Gasteiger charge is -2.10. The van der Waals surface area contributed by atoms with Crippen LogP contribution in [0.15, 0.2) is 22.7 Å². The molecule has 1 aromatic heterocycles. The monoisotopic (exact) mass is 310 g/mol. The van der Waals surface area contributed by atoms with E-state index in [4.69, 9.17) is 12.2 Å². The van der Waals surface area contributed by atoms with Crippen LogP contribution in [0.5, 0.6) is 0 Å². The molecule has 0 amide bonds. The van der Waals surface area contributed by atoms with Crippen LogP contribution in [0, 0.1) is 10.7 Å². The zero-order valence-electron chi connectivity index (χ0n) is 9.58. The summed E-state index contributed by atoms with van der Waals surface area (Å²) in [6.45, 7) is 1.06. The Labute approximate surface area is 114 Å². The van der Waals surface area contributed by atoms with Gasteiger partial charge in [-0.25, -0.2) is 0 Å². The minimum absolute atomic E-state index is 0.805. The topological polar surface area (TPSA) is 20.7 Å². The molecule has 3 rings (SSSR count). The SMILES string of the molecule is S=c1[nH]c2ccc(Br)cc2n1CC1CCCC1. The van der Waals surface area contributed by atoms with Crippen molar-refractivity contribution in [3.8, 4) is 0 Å². The summed E-state index contributed by atoms with van der Waals surface area (Å²) in [6, 6.07) is 6.28. The number of rotatable bonds is 2. The molecule has 0 atom stereocenters. The van der Waals surface area contributed by atoms with E-state index in [-0.39, 0.29) is 0 Å². The maximum Gasteiger partial charge on any atom is 0.178 e. The Morgan fingerprint density at radius 1 is 1.35 bits per heavy atom. The van der Waals surface area contributed by atoms with Gasteiger partial charge in [0, 0.05) is 11.0 Å². The standard InChI is InChI=1S/C13H15BrN2S/c14-10-5-6-11-12(7-10)16(13(17)15-11)8-9-3-1-2-4-9/h5-7,9H,1-4,8H2,(H,15,17). The summed E-state index contributed by atoms with van der Waals surface area (Å²) >= 11 is 8.95. The number of nitrogens with zero attached hydrogens (tertiary/aromatic N) is 1. The number of hydrogen-bond donors (Lipinski definition) is 1. The third-order valence-corrected chi connectivity index (χ3v) is 4.47. The lowest BCUT2D eigenvalue weighted by atomic mass is 10.1. The maximum atomic E-state index is 5.42. The molecular weight excluding hydrogens is 296 g/mol. The summed E-state index contributed by atoms with van der Waals surface area (Å²) < 4.78 is 4.22. The van der Waals surface area contributed by atoms with Gasteiger partial charge in [0.2, 0.25) is 0 Å². The number of hydrogen-bond acceptors (Lipinski definition) is 1. The van der Waals surface area contributed by atoms with Crippen LogP contribution in [0.4, 0.5) is 0 Å². The largest absolute Gasteiger partial charge is 0.331 e. The molecule has 1 saturated carbocycles. The van der Waals surface area contributed by atoms with E-state index in [1.54, 1.807) is 0 Å². The fraction of sp³-hybridized carbons (Fsp3) is 0.462. The number of imidazole rings is 1. The van der Waals surface area contributed by atoms with Crippen LogP contribution in [-0.4, -0.2) is 9.55 Å². The molecule has 2 aromatic rings. The minimum atomic E-state index is 0.805. The predicted molar refractivity (Wildman–Crippen MR) is 76.8 cm³/mol. The lowest BCUT2D eigenvalue weighted by Crippen LogP contribution is -2.07. The number of halogens is 1. The van der Waals surface area contributed by atoms with E-state index in [1.807, 2.05) is 6.07 Å². The average molecular weight is 311 g/mol. The van der Waals surface area contributed by atoms with Crippen molar-refractivity contribution in [1.82, 2.24) is 9.55 Å². The minimum Gasteiger partial charge on any atom is -0.331 e. The molecule has 1 aliphatic rings. The summed E-state index contributed by atoms with van der Waals surface area (Å²) in [5, 5.41) is 0. The van der Waals surface area contributed by atoms with Gasteiger partial charge in [0.25, 0.3) is 0 Å². The van der Waals surface area contributed by atoms with Gasteiger partial charge in [-0.05, 0) is 49.2 Å². The second-order valence-electron chi connectivity index (χ2n) is 4.85. The molecular formula is C13H15BrN2S. The first-order valence-corrected chi connectivity index (χ1v) is 7.32. The third kappa shape index (κ3) is 2.20. The van der Waals surface area contributed by atoms with Gasteiger partial charge < -0.3 is 9.55 Å². The van der Waals surface area contributed by atoms with Gasteiger partial charge in [-0.3, -0.25) is 0 Å². The Morgan fingerprint density at radius 3 is 2.88 bits per heavy atom. The van der Waals surface area contributed by atoms with Gasteiger partial charge in [-0.2, -0.15) is 0 Å². The third-order valence-electron chi connectivity index (χ3n) is 3.65. The number of aromatic amines is 1. The molecule has 17 heavy (non-hydrogen) atoms. The normalized spacial score (nSPS) is 17.0. The number of benzene rings is 1. The highest BCUT2D eigenvalue weighted by molar-refractivity contribution is 9.10. The molecule has 1 heterocycles. The fourth-order valence-corrected chi connectivity index (χ4v) is 3.39. The van der Waals surface area contributed by atoms with Crippen molar-refractivity contribution in [3.05, 3.63) is 27.4 Å². The van der Waals surface area contributed by atoms with Gasteiger partial charge in [-0.1, -0.05) is 28.8 Å². The molecule has 0 aliphatic heterocycles. The number of fused-ring (bicyclic) bond motifs is 1. The van der Waals surface area contributed by atoms with Gasteiger partial charge in [0.05, 0.1) is 11.0 Å². The Balaban J connectivity index is 2.04. The fourth-order valence-electron chi connectivity index (χ4n) is 2.76. The zero-order valence-corrected chi connectivity index (χ0v) is 12.0. The first-order valence-electron chi connectivity index (χ1n) is 6.12. The summed E-state index contributed by atoms with van der Waals surface area (Å²) in [4.78, 5) is 3.29. The van der Waals surface area contributed by atoms with E-state index >= 15 is 0 Å². The van der Waals surface area contributed by atoms with Gasteiger partial charge >= 0.3 is 0 Å². The van der Waals surface area contributed by atoms with E-state index in [9.17, 15) is 0 Å². The molecule has 1 N–H and O–H groups in total. The van der Waals surface area contributed by atoms with Crippen LogP contribution in [0.25, 0.3) is 11.0 Å². The summed E-state index contributed by atoms with van der Waals surface area (Å²) in [6.07, 6.45) is 5.46. The van der Waals surface area contributed by atoms with E-state index in [0.29, 0.717) is 0 Å². The van der Waals surface area contributed by atoms with Crippen molar-refractivity contribution in [1.29, 1.82) is 0 Å². The molecule has 1 aromatic carbocycles. The van der Waals surface area contributed by atoms with Crippen LogP contribution in [0.3, 0.4) is 0 Å².